The Kier molecular flexibility index (Phi) is 2.56. The molecule has 0 spiro atoms. The Balaban J connectivity index is 2.06. The Labute approximate surface area is 86.7 Å². The van der Waals surface area contributed by atoms with Gasteiger partial charge in [-0.05, 0) is 12.3 Å². The van der Waals surface area contributed by atoms with Crippen LogP contribution in [0.15, 0.2) is 0 Å². The van der Waals surface area contributed by atoms with Gasteiger partial charge in [0.25, 0.3) is 0 Å². The zero-order chi connectivity index (χ0) is 10.1. The van der Waals surface area contributed by atoms with Gasteiger partial charge < -0.3 is 15.7 Å². The van der Waals surface area contributed by atoms with Crippen LogP contribution < -0.4 is 10.6 Å². The SMILES string of the molecule is CC1CCN(c2nc(N)ns2)CC1O. The van der Waals surface area contributed by atoms with Gasteiger partial charge in [0.1, 0.15) is 0 Å². The average Bonchev–Trinajstić information content (AvgIpc) is 2.57. The third-order valence-corrected chi connectivity index (χ3v) is 3.41. The number of aliphatic hydroxyl groups excluding tert-OH is 1. The highest BCUT2D eigenvalue weighted by Gasteiger charge is 2.25. The summed E-state index contributed by atoms with van der Waals surface area (Å²) < 4.78 is 3.92. The topological polar surface area (TPSA) is 75.3 Å². The van der Waals surface area contributed by atoms with E-state index >= 15 is 0 Å². The summed E-state index contributed by atoms with van der Waals surface area (Å²) in [4.78, 5) is 6.13. The molecule has 0 amide bonds. The highest BCUT2D eigenvalue weighted by atomic mass is 32.1. The first-order valence-corrected chi connectivity index (χ1v) is 5.46. The second-order valence-corrected chi connectivity index (χ2v) is 4.44. The lowest BCUT2D eigenvalue weighted by atomic mass is 9.96. The molecule has 6 heteroatoms. The first kappa shape index (κ1) is 9.67. The third-order valence-electron chi connectivity index (χ3n) is 2.62. The highest BCUT2D eigenvalue weighted by molar-refractivity contribution is 7.09. The molecule has 2 heterocycles. The maximum atomic E-state index is 9.70. The van der Waals surface area contributed by atoms with Crippen LogP contribution in [-0.2, 0) is 0 Å². The van der Waals surface area contributed by atoms with E-state index in [1.54, 1.807) is 0 Å². The molecule has 1 saturated heterocycles. The minimum absolute atomic E-state index is 0.270. The van der Waals surface area contributed by atoms with Gasteiger partial charge in [-0.25, -0.2) is 0 Å². The molecule has 1 fully saturated rings. The lowest BCUT2D eigenvalue weighted by molar-refractivity contribution is 0.103. The number of nitrogen functional groups attached to an aromatic ring is 1. The molecule has 1 aliphatic heterocycles. The monoisotopic (exact) mass is 214 g/mol. The molecule has 0 saturated carbocycles. The van der Waals surface area contributed by atoms with Crippen LogP contribution in [0.2, 0.25) is 0 Å². The number of nitrogens with zero attached hydrogens (tertiary/aromatic N) is 3. The Morgan fingerprint density at radius 1 is 1.64 bits per heavy atom. The molecule has 3 N–H and O–H groups in total. The van der Waals surface area contributed by atoms with Gasteiger partial charge in [-0.3, -0.25) is 0 Å². The molecule has 2 unspecified atom stereocenters. The standard InChI is InChI=1S/C8H14N4OS/c1-5-2-3-12(4-6(5)13)8-10-7(9)11-14-8/h5-6,13H,2-4H2,1H3,(H2,9,11). The van der Waals surface area contributed by atoms with Gasteiger partial charge >= 0.3 is 0 Å². The van der Waals surface area contributed by atoms with Gasteiger partial charge in [-0.2, -0.15) is 9.36 Å². The second kappa shape index (κ2) is 3.70. The fourth-order valence-corrected chi connectivity index (χ4v) is 2.21. The Bertz CT molecular complexity index is 316. The van der Waals surface area contributed by atoms with Gasteiger partial charge in [0.2, 0.25) is 11.1 Å². The fourth-order valence-electron chi connectivity index (χ4n) is 1.58. The van der Waals surface area contributed by atoms with Crippen molar-refractivity contribution in [1.29, 1.82) is 0 Å². The molecular weight excluding hydrogens is 200 g/mol. The van der Waals surface area contributed by atoms with E-state index in [1.165, 1.54) is 11.5 Å². The quantitative estimate of drug-likeness (QED) is 0.704. The van der Waals surface area contributed by atoms with E-state index in [1.807, 2.05) is 4.90 Å². The van der Waals surface area contributed by atoms with E-state index in [0.717, 1.165) is 18.1 Å². The predicted octanol–water partition coefficient (Wildman–Crippen LogP) is 0.327. The Hall–Kier alpha value is -0.880. The number of anilines is 2. The van der Waals surface area contributed by atoms with E-state index in [4.69, 9.17) is 5.73 Å². The van der Waals surface area contributed by atoms with Crippen molar-refractivity contribution in [3.05, 3.63) is 0 Å². The van der Waals surface area contributed by atoms with Crippen molar-refractivity contribution in [1.82, 2.24) is 9.36 Å². The van der Waals surface area contributed by atoms with Crippen molar-refractivity contribution in [3.63, 3.8) is 0 Å². The zero-order valence-corrected chi connectivity index (χ0v) is 8.87. The van der Waals surface area contributed by atoms with E-state index in [-0.39, 0.29) is 6.10 Å². The highest BCUT2D eigenvalue weighted by Crippen LogP contribution is 2.24. The molecule has 5 nitrogen and oxygen atoms in total. The Morgan fingerprint density at radius 3 is 3.00 bits per heavy atom. The predicted molar refractivity (Wildman–Crippen MR) is 56.3 cm³/mol. The minimum atomic E-state index is -0.270. The summed E-state index contributed by atoms with van der Waals surface area (Å²) in [6.45, 7) is 3.62. The van der Waals surface area contributed by atoms with Crippen molar-refractivity contribution in [2.24, 2.45) is 5.92 Å². The van der Waals surface area contributed by atoms with Crippen molar-refractivity contribution < 1.29 is 5.11 Å². The minimum Gasteiger partial charge on any atom is -0.391 e. The molecule has 1 aliphatic rings. The van der Waals surface area contributed by atoms with Crippen LogP contribution in [0.25, 0.3) is 0 Å². The number of aliphatic hydroxyl groups is 1. The Morgan fingerprint density at radius 2 is 2.43 bits per heavy atom. The number of piperidine rings is 1. The first-order valence-electron chi connectivity index (χ1n) is 4.69. The van der Waals surface area contributed by atoms with Gasteiger partial charge in [-0.1, -0.05) is 6.92 Å². The molecule has 1 aromatic heterocycles. The summed E-state index contributed by atoms with van der Waals surface area (Å²) >= 11 is 1.29. The van der Waals surface area contributed by atoms with Crippen LogP contribution >= 0.6 is 11.5 Å². The molecule has 1 aromatic rings. The lowest BCUT2D eigenvalue weighted by Crippen LogP contribution is -2.42. The van der Waals surface area contributed by atoms with Crippen molar-refractivity contribution in [3.8, 4) is 0 Å². The summed E-state index contributed by atoms with van der Waals surface area (Å²) in [6.07, 6.45) is 0.717. The number of aromatic nitrogens is 2. The van der Waals surface area contributed by atoms with Crippen LogP contribution in [-0.4, -0.2) is 33.7 Å². The van der Waals surface area contributed by atoms with Crippen molar-refractivity contribution >= 4 is 22.6 Å². The number of hydrogen-bond acceptors (Lipinski definition) is 6. The molecule has 0 bridgehead atoms. The maximum Gasteiger partial charge on any atom is 0.233 e. The van der Waals surface area contributed by atoms with E-state index in [9.17, 15) is 5.11 Å². The number of hydrogen-bond donors (Lipinski definition) is 2. The summed E-state index contributed by atoms with van der Waals surface area (Å²) in [7, 11) is 0. The molecule has 78 valence electrons. The van der Waals surface area contributed by atoms with Crippen LogP contribution in [0.5, 0.6) is 0 Å². The van der Waals surface area contributed by atoms with Crippen LogP contribution in [0.1, 0.15) is 13.3 Å². The van der Waals surface area contributed by atoms with Gasteiger partial charge in [0.05, 0.1) is 6.10 Å². The van der Waals surface area contributed by atoms with E-state index in [0.29, 0.717) is 18.4 Å². The molecule has 0 aromatic carbocycles. The maximum absolute atomic E-state index is 9.70. The zero-order valence-electron chi connectivity index (χ0n) is 8.05. The lowest BCUT2D eigenvalue weighted by Gasteiger charge is -2.33. The van der Waals surface area contributed by atoms with Crippen molar-refractivity contribution in [2.75, 3.05) is 23.7 Å². The normalized spacial score (nSPS) is 28.0. The number of rotatable bonds is 1. The van der Waals surface area contributed by atoms with Gasteiger partial charge in [0.15, 0.2) is 0 Å². The average molecular weight is 214 g/mol. The largest absolute Gasteiger partial charge is 0.391 e. The summed E-state index contributed by atoms with van der Waals surface area (Å²) in [5.41, 5.74) is 5.45. The van der Waals surface area contributed by atoms with Gasteiger partial charge in [0, 0.05) is 24.6 Å². The second-order valence-electron chi connectivity index (χ2n) is 3.71. The first-order chi connectivity index (χ1) is 6.66. The van der Waals surface area contributed by atoms with Crippen molar-refractivity contribution in [2.45, 2.75) is 19.4 Å². The van der Waals surface area contributed by atoms with Crippen LogP contribution in [0.3, 0.4) is 0 Å². The molecule has 0 aliphatic carbocycles. The van der Waals surface area contributed by atoms with E-state index < -0.39 is 0 Å². The van der Waals surface area contributed by atoms with E-state index in [2.05, 4.69) is 16.3 Å². The third kappa shape index (κ3) is 1.80. The molecule has 14 heavy (non-hydrogen) atoms. The summed E-state index contributed by atoms with van der Waals surface area (Å²) in [6, 6.07) is 0. The van der Waals surface area contributed by atoms with Gasteiger partial charge in [-0.15, -0.1) is 0 Å². The molecule has 2 atom stereocenters. The fraction of sp³-hybridized carbons (Fsp3) is 0.750. The molecule has 0 radical (unpaired) electrons. The summed E-state index contributed by atoms with van der Waals surface area (Å²) in [5.74, 6) is 0.689. The number of nitrogens with two attached hydrogens (primary N) is 1. The smallest absolute Gasteiger partial charge is 0.233 e. The number of β-amino-alcohol motifs (C(OH)–C–C–N with tert-alkyl or cyclic N) is 1. The van der Waals surface area contributed by atoms with Crippen LogP contribution in [0, 0.1) is 5.92 Å². The summed E-state index contributed by atoms with van der Waals surface area (Å²) in [5, 5.41) is 10.5. The molecular formula is C8H14N4OS. The van der Waals surface area contributed by atoms with Crippen LogP contribution in [0.4, 0.5) is 11.1 Å². The molecule has 2 rings (SSSR count).